The summed E-state index contributed by atoms with van der Waals surface area (Å²) in [5, 5.41) is 11.8. The van der Waals surface area contributed by atoms with Crippen LogP contribution < -0.4 is 15.2 Å². The Morgan fingerprint density at radius 3 is 2.44 bits per heavy atom. The van der Waals surface area contributed by atoms with Crippen LogP contribution in [0.4, 0.5) is 14.5 Å². The Labute approximate surface area is 248 Å². The van der Waals surface area contributed by atoms with Crippen LogP contribution in [0.3, 0.4) is 0 Å². The smallest absolute Gasteiger partial charge is 0.277 e. The van der Waals surface area contributed by atoms with Crippen molar-refractivity contribution in [3.8, 4) is 22.5 Å². The molecule has 9 nitrogen and oxygen atoms in total. The Morgan fingerprint density at radius 2 is 1.74 bits per heavy atom. The molecular weight excluding hydrogens is 574 g/mol. The quantitative estimate of drug-likeness (QED) is 0.235. The highest BCUT2D eigenvalue weighted by molar-refractivity contribution is 7.99. The van der Waals surface area contributed by atoms with Crippen molar-refractivity contribution >= 4 is 45.4 Å². The third-order valence-corrected chi connectivity index (χ3v) is 7.86. The average Bonchev–Trinajstić information content (AvgIpc) is 3.40. The highest BCUT2D eigenvalue weighted by atomic mass is 32.2. The lowest BCUT2D eigenvalue weighted by molar-refractivity contribution is 0.0964. The van der Waals surface area contributed by atoms with Gasteiger partial charge in [-0.3, -0.25) is 14.6 Å². The first-order valence-electron chi connectivity index (χ1n) is 13.1. The van der Waals surface area contributed by atoms with E-state index in [-0.39, 0.29) is 18.0 Å². The molecule has 0 radical (unpaired) electrons. The summed E-state index contributed by atoms with van der Waals surface area (Å²) in [4.78, 5) is 30.7. The number of anilines is 1. The second-order valence-electron chi connectivity index (χ2n) is 9.69. The molecule has 0 unspecified atom stereocenters. The van der Waals surface area contributed by atoms with Crippen molar-refractivity contribution in [2.24, 2.45) is 0 Å². The number of fused-ring (bicyclic) bond motifs is 2. The first kappa shape index (κ1) is 28.0. The summed E-state index contributed by atoms with van der Waals surface area (Å²) in [6.45, 7) is 0.0232. The van der Waals surface area contributed by atoms with E-state index < -0.39 is 11.6 Å². The molecule has 1 N–H and O–H groups in total. The van der Waals surface area contributed by atoms with Crippen LogP contribution in [-0.2, 0) is 6.54 Å². The zero-order valence-electron chi connectivity index (χ0n) is 23.3. The Kier molecular flexibility index (Phi) is 7.36. The molecule has 0 saturated carbocycles. The molecule has 43 heavy (non-hydrogen) atoms. The molecule has 1 amide bonds. The van der Waals surface area contributed by atoms with Gasteiger partial charge in [0.05, 0.1) is 35.1 Å². The van der Waals surface area contributed by atoms with Crippen molar-refractivity contribution in [1.82, 2.24) is 25.3 Å². The molecule has 6 rings (SSSR count). The van der Waals surface area contributed by atoms with E-state index in [2.05, 4.69) is 20.6 Å². The molecule has 0 aliphatic heterocycles. The molecule has 216 valence electrons. The summed E-state index contributed by atoms with van der Waals surface area (Å²) < 4.78 is 36.3. The van der Waals surface area contributed by atoms with Crippen LogP contribution in [0.2, 0.25) is 0 Å². The van der Waals surface area contributed by atoms with Crippen LogP contribution >= 0.6 is 11.9 Å². The second-order valence-corrected chi connectivity index (χ2v) is 10.6. The van der Waals surface area contributed by atoms with Crippen LogP contribution in [0.15, 0.2) is 82.1 Å². The van der Waals surface area contributed by atoms with Gasteiger partial charge >= 0.3 is 0 Å². The maximum Gasteiger partial charge on any atom is 0.277 e. The van der Waals surface area contributed by atoms with Gasteiger partial charge in [-0.15, -0.1) is 5.10 Å². The molecule has 3 aromatic heterocycles. The highest BCUT2D eigenvalue weighted by Gasteiger charge is 2.24. The average molecular weight is 599 g/mol. The number of pyridine rings is 1. The fourth-order valence-electron chi connectivity index (χ4n) is 4.88. The largest absolute Gasteiger partial charge is 0.455 e. The van der Waals surface area contributed by atoms with Gasteiger partial charge in [0.25, 0.3) is 11.5 Å². The topological polar surface area (TPSA) is 106 Å². The first-order valence-corrected chi connectivity index (χ1v) is 14.3. The lowest BCUT2D eigenvalue weighted by Crippen LogP contribution is -2.25. The lowest BCUT2D eigenvalue weighted by atomic mass is 9.97. The number of amides is 1. The van der Waals surface area contributed by atoms with Crippen LogP contribution in [0.5, 0.6) is 0 Å². The van der Waals surface area contributed by atoms with Crippen LogP contribution in [-0.4, -0.2) is 46.2 Å². The summed E-state index contributed by atoms with van der Waals surface area (Å²) in [6, 6.07) is 17.5. The van der Waals surface area contributed by atoms with E-state index in [4.69, 9.17) is 4.42 Å². The summed E-state index contributed by atoms with van der Waals surface area (Å²) >= 11 is 1.48. The van der Waals surface area contributed by atoms with E-state index in [9.17, 15) is 18.4 Å². The van der Waals surface area contributed by atoms with E-state index in [1.807, 2.05) is 35.8 Å². The number of rotatable bonds is 7. The zero-order chi connectivity index (χ0) is 30.2. The van der Waals surface area contributed by atoms with Crippen LogP contribution in [0, 0.1) is 11.6 Å². The van der Waals surface area contributed by atoms with Crippen LogP contribution in [0.25, 0.3) is 44.3 Å². The third-order valence-electron chi connectivity index (χ3n) is 7.11. The minimum atomic E-state index is -0.477. The molecule has 0 fully saturated rings. The van der Waals surface area contributed by atoms with E-state index >= 15 is 0 Å². The van der Waals surface area contributed by atoms with Crippen molar-refractivity contribution in [2.75, 3.05) is 24.7 Å². The minimum absolute atomic E-state index is 0.0232. The van der Waals surface area contributed by atoms with Crippen molar-refractivity contribution in [2.45, 2.75) is 6.54 Å². The number of hydrogen-bond donors (Lipinski definition) is 1. The monoisotopic (exact) mass is 598 g/mol. The summed E-state index contributed by atoms with van der Waals surface area (Å²) in [7, 11) is 3.43. The Bertz CT molecular complexity index is 2060. The highest BCUT2D eigenvalue weighted by Crippen LogP contribution is 2.42. The molecule has 6 aromatic rings. The number of nitrogens with zero attached hydrogens (tertiary/aromatic N) is 5. The predicted octanol–water partition coefficient (Wildman–Crippen LogP) is 5.67. The maximum atomic E-state index is 13.7. The van der Waals surface area contributed by atoms with Crippen molar-refractivity contribution in [3.63, 3.8) is 0 Å². The van der Waals surface area contributed by atoms with Gasteiger partial charge in [-0.1, -0.05) is 23.2 Å². The van der Waals surface area contributed by atoms with Gasteiger partial charge in [-0.2, -0.15) is 0 Å². The number of nitrogens with one attached hydrogen (secondary N) is 1. The number of carbonyl (C=O) groups excluding carboxylic acids is 1. The Morgan fingerprint density at radius 1 is 1.00 bits per heavy atom. The number of furan rings is 1. The molecule has 0 aliphatic carbocycles. The zero-order valence-corrected chi connectivity index (χ0v) is 24.1. The van der Waals surface area contributed by atoms with E-state index in [1.54, 1.807) is 24.3 Å². The molecule has 0 spiro atoms. The molecule has 12 heteroatoms. The minimum Gasteiger partial charge on any atom is -0.455 e. The summed E-state index contributed by atoms with van der Waals surface area (Å²) in [6.07, 6.45) is 3.01. The SMILES string of the molecule is CNC(=O)c1c(-c2ccc(F)cc2)oc2cc(N(C)SC)c(-c3ccc4nnn(Cc5ccc(F)cn5)c(=O)c4c3)cc12. The predicted molar refractivity (Wildman–Crippen MR) is 163 cm³/mol. The third kappa shape index (κ3) is 5.21. The summed E-state index contributed by atoms with van der Waals surface area (Å²) in [5.74, 6) is -0.923. The molecule has 0 atom stereocenters. The van der Waals surface area contributed by atoms with Gasteiger partial charge in [-0.25, -0.2) is 13.5 Å². The standard InChI is InChI=1S/C31H24F2N6O3S/c1-34-30(40)28-24-13-22(26(38(2)43-3)14-27(24)42-29(28)17-4-7-19(32)8-5-17)18-6-11-25-23(12-18)31(41)39(37-36-25)16-21-10-9-20(33)15-35-21/h4-15H,16H2,1-3H3,(H,34,40). The molecule has 0 saturated heterocycles. The van der Waals surface area contributed by atoms with Gasteiger partial charge in [0.15, 0.2) is 0 Å². The van der Waals surface area contributed by atoms with Crippen molar-refractivity contribution in [1.29, 1.82) is 0 Å². The van der Waals surface area contributed by atoms with Gasteiger partial charge in [0.1, 0.15) is 28.5 Å². The normalized spacial score (nSPS) is 11.3. The fourth-order valence-corrected chi connectivity index (χ4v) is 5.23. The molecule has 3 aromatic carbocycles. The van der Waals surface area contributed by atoms with E-state index in [0.29, 0.717) is 50.0 Å². The number of aromatic nitrogens is 4. The van der Waals surface area contributed by atoms with Crippen LogP contribution in [0.1, 0.15) is 16.1 Å². The lowest BCUT2D eigenvalue weighted by Gasteiger charge is -2.20. The van der Waals surface area contributed by atoms with E-state index in [1.165, 1.54) is 47.9 Å². The molecular formula is C31H24F2N6O3S. The molecule has 3 heterocycles. The van der Waals surface area contributed by atoms with Gasteiger partial charge < -0.3 is 14.0 Å². The molecule has 0 bridgehead atoms. The van der Waals surface area contributed by atoms with Gasteiger partial charge in [0.2, 0.25) is 0 Å². The summed E-state index contributed by atoms with van der Waals surface area (Å²) in [5.41, 5.74) is 4.04. The second kappa shape index (κ2) is 11.3. The maximum absolute atomic E-state index is 13.7. The number of benzene rings is 3. The van der Waals surface area contributed by atoms with Gasteiger partial charge in [-0.05, 0) is 60.2 Å². The number of hydrogen-bond acceptors (Lipinski definition) is 8. The van der Waals surface area contributed by atoms with E-state index in [0.717, 1.165) is 17.4 Å². The van der Waals surface area contributed by atoms with Crippen molar-refractivity contribution < 1.29 is 18.0 Å². The number of carbonyl (C=O) groups is 1. The number of halogens is 2. The van der Waals surface area contributed by atoms with Crippen molar-refractivity contribution in [3.05, 3.63) is 106 Å². The molecule has 0 aliphatic rings. The van der Waals surface area contributed by atoms with Gasteiger partial charge in [0, 0.05) is 42.9 Å². The first-order chi connectivity index (χ1) is 20.8. The fraction of sp³-hybridized carbons (Fsp3) is 0.129. The Balaban J connectivity index is 1.54. The Hall–Kier alpha value is -5.10.